The molecule has 6 nitrogen and oxygen atoms in total. The third-order valence-corrected chi connectivity index (χ3v) is 2.24. The number of carbonyl (C=O) groups is 1. The molecule has 88 valence electrons. The first-order chi connectivity index (χ1) is 8.20. The number of hydrogen-bond donors (Lipinski definition) is 2. The number of aromatic nitrogens is 3. The van der Waals surface area contributed by atoms with Gasteiger partial charge in [-0.25, -0.2) is 4.68 Å². The van der Waals surface area contributed by atoms with Crippen LogP contribution in [0, 0.1) is 0 Å². The van der Waals surface area contributed by atoms with Gasteiger partial charge in [-0.05, 0) is 13.0 Å². The van der Waals surface area contributed by atoms with E-state index in [0.717, 1.165) is 17.9 Å². The predicted molar refractivity (Wildman–Crippen MR) is 64.0 cm³/mol. The number of nitrogens with two attached hydrogens (primary N) is 1. The second kappa shape index (κ2) is 4.65. The first-order valence-corrected chi connectivity index (χ1v) is 5.24. The molecule has 0 aliphatic carbocycles. The molecule has 2 heterocycles. The maximum Gasteiger partial charge on any atom is 0.251 e. The molecule has 2 aromatic heterocycles. The summed E-state index contributed by atoms with van der Waals surface area (Å²) in [5.41, 5.74) is 7.21. The van der Waals surface area contributed by atoms with Crippen LogP contribution in [0.5, 0.6) is 0 Å². The molecule has 2 aromatic rings. The lowest BCUT2D eigenvalue weighted by molar-refractivity contribution is 0.100. The van der Waals surface area contributed by atoms with Gasteiger partial charge in [-0.15, -0.1) is 0 Å². The van der Waals surface area contributed by atoms with Crippen molar-refractivity contribution >= 4 is 11.6 Å². The number of carbonyl (C=O) groups excluding carboxylic acids is 1. The highest BCUT2D eigenvalue weighted by Gasteiger charge is 2.05. The minimum Gasteiger partial charge on any atom is -0.384 e. The predicted octanol–water partition coefficient (Wildman–Crippen LogP) is 0.798. The highest BCUT2D eigenvalue weighted by Crippen LogP contribution is 2.12. The average Bonchev–Trinajstić information content (AvgIpc) is 2.79. The Morgan fingerprint density at radius 1 is 1.47 bits per heavy atom. The molecule has 0 spiro atoms. The van der Waals surface area contributed by atoms with Crippen LogP contribution in [-0.4, -0.2) is 27.2 Å². The van der Waals surface area contributed by atoms with Crippen molar-refractivity contribution in [3.8, 4) is 5.69 Å². The van der Waals surface area contributed by atoms with E-state index in [0.29, 0.717) is 5.56 Å². The Bertz CT molecular complexity index is 534. The Labute approximate surface area is 98.5 Å². The number of hydrogen-bond acceptors (Lipinski definition) is 4. The van der Waals surface area contributed by atoms with E-state index in [1.807, 2.05) is 13.0 Å². The number of pyridine rings is 1. The van der Waals surface area contributed by atoms with Gasteiger partial charge in [0.25, 0.3) is 5.91 Å². The number of rotatable bonds is 4. The molecule has 1 amide bonds. The smallest absolute Gasteiger partial charge is 0.251 e. The molecule has 6 heteroatoms. The van der Waals surface area contributed by atoms with Crippen molar-refractivity contribution < 1.29 is 4.79 Å². The first kappa shape index (κ1) is 11.1. The van der Waals surface area contributed by atoms with Crippen LogP contribution in [0.15, 0.2) is 30.9 Å². The zero-order valence-corrected chi connectivity index (χ0v) is 9.42. The van der Waals surface area contributed by atoms with Crippen molar-refractivity contribution in [1.29, 1.82) is 0 Å². The molecular weight excluding hydrogens is 218 g/mol. The van der Waals surface area contributed by atoms with Crippen LogP contribution in [0.1, 0.15) is 17.3 Å². The van der Waals surface area contributed by atoms with Crippen molar-refractivity contribution in [3.05, 3.63) is 36.4 Å². The average molecular weight is 231 g/mol. The summed E-state index contributed by atoms with van der Waals surface area (Å²) >= 11 is 0. The molecule has 0 unspecified atom stereocenters. The van der Waals surface area contributed by atoms with Gasteiger partial charge in [0.1, 0.15) is 0 Å². The lowest BCUT2D eigenvalue weighted by atomic mass is 10.3. The third-order valence-electron chi connectivity index (χ3n) is 2.24. The van der Waals surface area contributed by atoms with Crippen LogP contribution in [0.2, 0.25) is 0 Å². The molecule has 0 fully saturated rings. The van der Waals surface area contributed by atoms with E-state index in [1.54, 1.807) is 23.3 Å². The lowest BCUT2D eigenvalue weighted by Gasteiger charge is -2.05. The van der Waals surface area contributed by atoms with Gasteiger partial charge < -0.3 is 11.1 Å². The lowest BCUT2D eigenvalue weighted by Crippen LogP contribution is -2.09. The van der Waals surface area contributed by atoms with Crippen LogP contribution in [0.25, 0.3) is 5.69 Å². The third kappa shape index (κ3) is 2.41. The fraction of sp³-hybridized carbons (Fsp3) is 0.182. The summed E-state index contributed by atoms with van der Waals surface area (Å²) in [4.78, 5) is 15.1. The topological polar surface area (TPSA) is 85.8 Å². The fourth-order valence-electron chi connectivity index (χ4n) is 1.45. The van der Waals surface area contributed by atoms with Crippen molar-refractivity contribution in [2.24, 2.45) is 5.73 Å². The SMILES string of the molecule is CCNc1cncc(-n2cc(C(N)=O)cn2)c1. The van der Waals surface area contributed by atoms with E-state index in [-0.39, 0.29) is 0 Å². The van der Waals surface area contributed by atoms with Crippen molar-refractivity contribution in [2.75, 3.05) is 11.9 Å². The zero-order chi connectivity index (χ0) is 12.3. The molecule has 0 atom stereocenters. The van der Waals surface area contributed by atoms with E-state index in [9.17, 15) is 4.79 Å². The molecule has 0 saturated heterocycles. The van der Waals surface area contributed by atoms with Crippen LogP contribution < -0.4 is 11.1 Å². The van der Waals surface area contributed by atoms with E-state index in [2.05, 4.69) is 15.4 Å². The van der Waals surface area contributed by atoms with E-state index < -0.39 is 5.91 Å². The maximum atomic E-state index is 11.0. The molecule has 0 aliphatic rings. The second-order valence-electron chi connectivity index (χ2n) is 3.50. The Morgan fingerprint density at radius 2 is 2.29 bits per heavy atom. The molecule has 17 heavy (non-hydrogen) atoms. The second-order valence-corrected chi connectivity index (χ2v) is 3.50. The van der Waals surface area contributed by atoms with E-state index in [1.165, 1.54) is 6.20 Å². The van der Waals surface area contributed by atoms with Gasteiger partial charge >= 0.3 is 0 Å². The Balaban J connectivity index is 2.31. The van der Waals surface area contributed by atoms with Crippen molar-refractivity contribution in [3.63, 3.8) is 0 Å². The quantitative estimate of drug-likeness (QED) is 0.814. The van der Waals surface area contributed by atoms with Gasteiger partial charge in [0.2, 0.25) is 0 Å². The van der Waals surface area contributed by atoms with Gasteiger partial charge in [-0.2, -0.15) is 5.10 Å². The zero-order valence-electron chi connectivity index (χ0n) is 9.42. The van der Waals surface area contributed by atoms with Crippen LogP contribution in [-0.2, 0) is 0 Å². The van der Waals surface area contributed by atoms with Crippen LogP contribution in [0.3, 0.4) is 0 Å². The monoisotopic (exact) mass is 231 g/mol. The molecule has 0 aliphatic heterocycles. The highest BCUT2D eigenvalue weighted by atomic mass is 16.1. The van der Waals surface area contributed by atoms with Gasteiger partial charge in [0.05, 0.1) is 35.5 Å². The molecule has 3 N–H and O–H groups in total. The van der Waals surface area contributed by atoms with Gasteiger partial charge in [-0.3, -0.25) is 9.78 Å². The summed E-state index contributed by atoms with van der Waals surface area (Å²) < 4.78 is 1.56. The fourth-order valence-corrected chi connectivity index (χ4v) is 1.45. The standard InChI is InChI=1S/C11H13N5O/c1-2-14-9-3-10(6-13-5-9)16-7-8(4-15-16)11(12)17/h3-7,14H,2H2,1H3,(H2,12,17). The molecule has 0 aromatic carbocycles. The summed E-state index contributed by atoms with van der Waals surface area (Å²) in [6.07, 6.45) is 6.40. The van der Waals surface area contributed by atoms with E-state index >= 15 is 0 Å². The minimum absolute atomic E-state index is 0.374. The summed E-state index contributed by atoms with van der Waals surface area (Å²) in [5.74, 6) is -0.493. The molecule has 2 rings (SSSR count). The molecule has 0 bridgehead atoms. The van der Waals surface area contributed by atoms with Gasteiger partial charge in [-0.1, -0.05) is 0 Å². The Kier molecular flexibility index (Phi) is 3.04. The van der Waals surface area contributed by atoms with Crippen molar-refractivity contribution in [1.82, 2.24) is 14.8 Å². The summed E-state index contributed by atoms with van der Waals surface area (Å²) in [7, 11) is 0. The first-order valence-electron chi connectivity index (χ1n) is 5.24. The number of amides is 1. The largest absolute Gasteiger partial charge is 0.384 e. The highest BCUT2D eigenvalue weighted by molar-refractivity contribution is 5.92. The number of nitrogens with one attached hydrogen (secondary N) is 1. The summed E-state index contributed by atoms with van der Waals surface area (Å²) in [6.45, 7) is 2.82. The summed E-state index contributed by atoms with van der Waals surface area (Å²) in [5, 5.41) is 7.21. The Morgan fingerprint density at radius 3 is 2.94 bits per heavy atom. The Hall–Kier alpha value is -2.37. The summed E-state index contributed by atoms with van der Waals surface area (Å²) in [6, 6.07) is 1.90. The molecule has 0 radical (unpaired) electrons. The minimum atomic E-state index is -0.493. The maximum absolute atomic E-state index is 11.0. The molecular formula is C11H13N5O. The number of nitrogens with zero attached hydrogens (tertiary/aromatic N) is 3. The van der Waals surface area contributed by atoms with Gasteiger partial charge in [0.15, 0.2) is 0 Å². The number of primary amides is 1. The van der Waals surface area contributed by atoms with Crippen LogP contribution >= 0.6 is 0 Å². The van der Waals surface area contributed by atoms with E-state index in [4.69, 9.17) is 5.73 Å². The molecule has 0 saturated carbocycles. The van der Waals surface area contributed by atoms with Crippen LogP contribution in [0.4, 0.5) is 5.69 Å². The number of anilines is 1. The van der Waals surface area contributed by atoms with Gasteiger partial charge in [0, 0.05) is 12.7 Å². The van der Waals surface area contributed by atoms with Crippen molar-refractivity contribution in [2.45, 2.75) is 6.92 Å². The normalized spacial score (nSPS) is 10.2.